The third-order valence-corrected chi connectivity index (χ3v) is 5.13. The smallest absolute Gasteiger partial charge is 0.338 e. The van der Waals surface area contributed by atoms with Crippen molar-refractivity contribution in [3.8, 4) is 11.5 Å². The molecule has 8 nitrogen and oxygen atoms in total. The van der Waals surface area contributed by atoms with Crippen LogP contribution in [0.4, 0.5) is 0 Å². The quantitative estimate of drug-likeness (QED) is 0.665. The topological polar surface area (TPSA) is 89.5 Å². The van der Waals surface area contributed by atoms with Gasteiger partial charge in [-0.1, -0.05) is 0 Å². The number of benzene rings is 2. The summed E-state index contributed by atoms with van der Waals surface area (Å²) < 4.78 is 32.8. The van der Waals surface area contributed by atoms with Crippen molar-refractivity contribution in [2.75, 3.05) is 27.4 Å². The highest BCUT2D eigenvalue weighted by atomic mass is 16.7. The minimum atomic E-state index is -0.575. The summed E-state index contributed by atoms with van der Waals surface area (Å²) in [6.45, 7) is 0.349. The van der Waals surface area contributed by atoms with Crippen molar-refractivity contribution in [3.05, 3.63) is 59.7 Å². The van der Waals surface area contributed by atoms with Crippen molar-refractivity contribution in [3.63, 3.8) is 0 Å². The van der Waals surface area contributed by atoms with E-state index < -0.39 is 36.4 Å². The van der Waals surface area contributed by atoms with Crippen LogP contribution in [0.5, 0.6) is 11.5 Å². The summed E-state index contributed by atoms with van der Waals surface area (Å²) >= 11 is 0. The molecule has 0 aliphatic carbocycles. The van der Waals surface area contributed by atoms with Crippen LogP contribution in [0.25, 0.3) is 0 Å². The molecule has 30 heavy (non-hydrogen) atoms. The van der Waals surface area contributed by atoms with Gasteiger partial charge in [0.25, 0.3) is 0 Å². The zero-order valence-electron chi connectivity index (χ0n) is 16.6. The maximum Gasteiger partial charge on any atom is 0.338 e. The summed E-state index contributed by atoms with van der Waals surface area (Å²) in [5.74, 6) is 0.344. The van der Waals surface area contributed by atoms with Gasteiger partial charge in [0.15, 0.2) is 12.2 Å². The minimum Gasteiger partial charge on any atom is -0.497 e. The highest BCUT2D eigenvalue weighted by molar-refractivity contribution is 5.90. The molecular formula is C22H22O8. The Kier molecular flexibility index (Phi) is 5.87. The van der Waals surface area contributed by atoms with Gasteiger partial charge in [-0.15, -0.1) is 0 Å². The van der Waals surface area contributed by atoms with E-state index in [1.807, 2.05) is 0 Å². The zero-order chi connectivity index (χ0) is 21.1. The fourth-order valence-electron chi connectivity index (χ4n) is 3.50. The molecule has 0 bridgehead atoms. The van der Waals surface area contributed by atoms with E-state index in [1.54, 1.807) is 62.8 Å². The molecule has 2 fully saturated rings. The normalized spacial score (nSPS) is 24.7. The molecule has 2 aromatic carbocycles. The summed E-state index contributed by atoms with van der Waals surface area (Å²) in [4.78, 5) is 24.8. The number of hydrogen-bond donors (Lipinski definition) is 0. The second kappa shape index (κ2) is 8.73. The number of fused-ring (bicyclic) bond motifs is 1. The molecule has 2 aliphatic rings. The molecule has 0 radical (unpaired) electrons. The van der Waals surface area contributed by atoms with E-state index in [0.29, 0.717) is 22.6 Å². The molecule has 8 heteroatoms. The van der Waals surface area contributed by atoms with Crippen LogP contribution in [0.3, 0.4) is 0 Å². The average Bonchev–Trinajstić information content (AvgIpc) is 3.37. The molecule has 0 spiro atoms. The van der Waals surface area contributed by atoms with E-state index >= 15 is 0 Å². The first-order valence-corrected chi connectivity index (χ1v) is 9.52. The number of methoxy groups -OCH3 is 2. The predicted molar refractivity (Wildman–Crippen MR) is 104 cm³/mol. The van der Waals surface area contributed by atoms with Crippen LogP contribution in [-0.2, 0) is 18.9 Å². The predicted octanol–water partition coefficient (Wildman–Crippen LogP) is 2.25. The summed E-state index contributed by atoms with van der Waals surface area (Å²) in [5.41, 5.74) is 0.805. The minimum absolute atomic E-state index is 0.174. The molecule has 4 rings (SSSR count). The lowest BCUT2D eigenvalue weighted by Gasteiger charge is -2.17. The zero-order valence-corrected chi connectivity index (χ0v) is 16.6. The van der Waals surface area contributed by atoms with Crippen molar-refractivity contribution in [1.29, 1.82) is 0 Å². The summed E-state index contributed by atoms with van der Waals surface area (Å²) in [5, 5.41) is 0. The van der Waals surface area contributed by atoms with Crippen LogP contribution in [-0.4, -0.2) is 63.8 Å². The van der Waals surface area contributed by atoms with Gasteiger partial charge >= 0.3 is 11.9 Å². The molecule has 2 aliphatic heterocycles. The van der Waals surface area contributed by atoms with Gasteiger partial charge in [0.1, 0.15) is 23.7 Å². The second-order valence-electron chi connectivity index (χ2n) is 6.94. The number of carbonyl (C=O) groups is 2. The van der Waals surface area contributed by atoms with Gasteiger partial charge < -0.3 is 28.4 Å². The van der Waals surface area contributed by atoms with E-state index in [1.165, 1.54) is 0 Å². The molecule has 2 heterocycles. The highest BCUT2D eigenvalue weighted by Gasteiger charge is 2.51. The summed E-state index contributed by atoms with van der Waals surface area (Å²) in [6, 6.07) is 13.3. The van der Waals surface area contributed by atoms with Gasteiger partial charge in [-0.25, -0.2) is 9.59 Å². The Morgan fingerprint density at radius 2 is 1.07 bits per heavy atom. The molecule has 158 valence electrons. The van der Waals surface area contributed by atoms with Crippen molar-refractivity contribution >= 4 is 11.9 Å². The first-order chi connectivity index (χ1) is 14.6. The van der Waals surface area contributed by atoms with Crippen molar-refractivity contribution in [1.82, 2.24) is 0 Å². The number of hydrogen-bond acceptors (Lipinski definition) is 8. The first-order valence-electron chi connectivity index (χ1n) is 9.52. The number of esters is 2. The van der Waals surface area contributed by atoms with Crippen LogP contribution < -0.4 is 9.47 Å². The van der Waals surface area contributed by atoms with Crippen LogP contribution >= 0.6 is 0 Å². The van der Waals surface area contributed by atoms with Gasteiger partial charge in [0, 0.05) is 0 Å². The van der Waals surface area contributed by atoms with Crippen LogP contribution in [0, 0.1) is 0 Å². The third-order valence-electron chi connectivity index (χ3n) is 5.13. The molecule has 2 saturated heterocycles. The average molecular weight is 414 g/mol. The van der Waals surface area contributed by atoms with Crippen molar-refractivity contribution < 1.29 is 38.0 Å². The Balaban J connectivity index is 1.34. The number of carbonyl (C=O) groups excluding carboxylic acids is 2. The Morgan fingerprint density at radius 3 is 1.40 bits per heavy atom. The Bertz CT molecular complexity index is 817. The van der Waals surface area contributed by atoms with Gasteiger partial charge in [-0.05, 0) is 48.5 Å². The molecular weight excluding hydrogens is 392 g/mol. The molecule has 0 unspecified atom stereocenters. The first kappa shape index (κ1) is 20.2. The Morgan fingerprint density at radius 1 is 0.700 bits per heavy atom. The van der Waals surface area contributed by atoms with Crippen LogP contribution in [0.1, 0.15) is 20.7 Å². The van der Waals surface area contributed by atoms with E-state index in [4.69, 9.17) is 28.4 Å². The standard InChI is InChI=1S/C22H22O8/c1-25-15-7-3-13(4-8-15)21(23)29-17-11-27-20-18(12-28-19(17)20)30-22(24)14-5-9-16(26-2)10-6-14/h3-10,17-20H,11-12H2,1-2H3/t17-,18+,19-,20-/m1/s1. The van der Waals surface area contributed by atoms with E-state index in [9.17, 15) is 9.59 Å². The van der Waals surface area contributed by atoms with Gasteiger partial charge in [-0.2, -0.15) is 0 Å². The summed E-state index contributed by atoms with van der Waals surface area (Å²) in [6.07, 6.45) is -2.12. The Hall–Kier alpha value is -3.10. The monoisotopic (exact) mass is 414 g/mol. The molecule has 0 saturated carbocycles. The lowest BCUT2D eigenvalue weighted by molar-refractivity contribution is -0.0287. The Labute approximate surface area is 173 Å². The SMILES string of the molecule is COc1ccc(C(=O)O[C@H]2CO[C@H]3[C@@H]2OC[C@H]3OC(=O)c2ccc(OC)cc2)cc1. The second-order valence-corrected chi connectivity index (χ2v) is 6.94. The molecule has 4 atom stereocenters. The van der Waals surface area contributed by atoms with E-state index in [-0.39, 0.29) is 13.2 Å². The van der Waals surface area contributed by atoms with Gasteiger partial charge in [-0.3, -0.25) is 0 Å². The molecule has 0 N–H and O–H groups in total. The molecule has 0 amide bonds. The van der Waals surface area contributed by atoms with Crippen molar-refractivity contribution in [2.45, 2.75) is 24.4 Å². The van der Waals surface area contributed by atoms with Crippen molar-refractivity contribution in [2.24, 2.45) is 0 Å². The van der Waals surface area contributed by atoms with E-state index in [0.717, 1.165) is 0 Å². The van der Waals surface area contributed by atoms with Gasteiger partial charge in [0.2, 0.25) is 0 Å². The lowest BCUT2D eigenvalue weighted by atomic mass is 10.1. The van der Waals surface area contributed by atoms with E-state index in [2.05, 4.69) is 0 Å². The maximum atomic E-state index is 12.4. The number of rotatable bonds is 6. The maximum absolute atomic E-state index is 12.4. The highest BCUT2D eigenvalue weighted by Crippen LogP contribution is 2.31. The largest absolute Gasteiger partial charge is 0.497 e. The molecule has 2 aromatic rings. The fourth-order valence-corrected chi connectivity index (χ4v) is 3.50. The van der Waals surface area contributed by atoms with Crippen LogP contribution in [0.15, 0.2) is 48.5 Å². The summed E-state index contributed by atoms with van der Waals surface area (Å²) in [7, 11) is 3.11. The number of ether oxygens (including phenoxy) is 6. The fraction of sp³-hybridized carbons (Fsp3) is 0.364. The molecule has 0 aromatic heterocycles. The van der Waals surface area contributed by atoms with Gasteiger partial charge in [0.05, 0.1) is 38.6 Å². The van der Waals surface area contributed by atoms with Crippen LogP contribution in [0.2, 0.25) is 0 Å². The lowest BCUT2D eigenvalue weighted by Crippen LogP contribution is -2.36. The third kappa shape index (κ3) is 4.10.